The van der Waals surface area contributed by atoms with Gasteiger partial charge < -0.3 is 14.2 Å². The van der Waals surface area contributed by atoms with Crippen LogP contribution in [0.25, 0.3) is 0 Å². The fraction of sp³-hybridized carbons (Fsp3) is 0.250. The highest BCUT2D eigenvalue weighted by Gasteiger charge is 2.59. The molecule has 1 saturated carbocycles. The average molecular weight is 475 g/mol. The zero-order valence-corrected chi connectivity index (χ0v) is 18.0. The van der Waals surface area contributed by atoms with Crippen LogP contribution in [0.3, 0.4) is 0 Å². The molecular weight excluding hydrogens is 458 g/mol. The number of amides is 2. The first kappa shape index (κ1) is 21.0. The van der Waals surface area contributed by atoms with Crippen LogP contribution in [0.2, 0.25) is 0 Å². The number of rotatable bonds is 5. The molecule has 176 valence electrons. The van der Waals surface area contributed by atoms with Crippen LogP contribution in [-0.2, 0) is 9.59 Å². The van der Waals surface area contributed by atoms with Gasteiger partial charge in [-0.3, -0.25) is 19.7 Å². The summed E-state index contributed by atoms with van der Waals surface area (Å²) in [5, 5.41) is 16.2. The molecule has 2 aliphatic heterocycles. The number of hydrogen-bond acceptors (Lipinski definition) is 9. The summed E-state index contributed by atoms with van der Waals surface area (Å²) in [6.45, 7) is 0.0456. The first-order valence-corrected chi connectivity index (χ1v) is 10.9. The van der Waals surface area contributed by atoms with Gasteiger partial charge in [-0.05, 0) is 42.5 Å². The number of carbonyl (C=O) groups is 3. The summed E-state index contributed by atoms with van der Waals surface area (Å²) < 4.78 is 16.0. The monoisotopic (exact) mass is 475 g/mol. The summed E-state index contributed by atoms with van der Waals surface area (Å²) in [5.41, 5.74) is -0.0317. The van der Waals surface area contributed by atoms with E-state index >= 15 is 0 Å². The molecule has 35 heavy (non-hydrogen) atoms. The van der Waals surface area contributed by atoms with E-state index in [1.54, 1.807) is 6.07 Å². The molecule has 1 saturated heterocycles. The Labute approximate surface area is 197 Å². The van der Waals surface area contributed by atoms with Crippen molar-refractivity contribution in [3.05, 3.63) is 69.8 Å². The Morgan fingerprint density at radius 3 is 2.49 bits per heavy atom. The van der Waals surface area contributed by atoms with Gasteiger partial charge in [0.15, 0.2) is 11.5 Å². The van der Waals surface area contributed by atoms with Gasteiger partial charge >= 0.3 is 5.97 Å². The molecule has 2 heterocycles. The van der Waals surface area contributed by atoms with E-state index in [1.165, 1.54) is 24.3 Å². The number of nitro groups is 1. The molecule has 0 spiro atoms. The third-order valence-corrected chi connectivity index (χ3v) is 6.77. The van der Waals surface area contributed by atoms with Crippen LogP contribution < -0.4 is 14.2 Å². The maximum atomic E-state index is 12.9. The number of nitrogens with zero attached hydrogens (tertiary/aromatic N) is 3. The van der Waals surface area contributed by atoms with Gasteiger partial charge in [-0.2, -0.15) is 10.1 Å². The molecule has 2 fully saturated rings. The maximum Gasteiger partial charge on any atom is 0.343 e. The molecule has 4 unspecified atom stereocenters. The zero-order chi connectivity index (χ0) is 24.3. The molecule has 4 atom stereocenters. The number of esters is 1. The van der Waals surface area contributed by atoms with Crippen molar-refractivity contribution in [2.24, 2.45) is 28.8 Å². The molecule has 0 N–H and O–H groups in total. The van der Waals surface area contributed by atoms with Gasteiger partial charge in [0.2, 0.25) is 6.79 Å². The molecule has 2 aliphatic carbocycles. The highest BCUT2D eigenvalue weighted by atomic mass is 16.7. The summed E-state index contributed by atoms with van der Waals surface area (Å²) in [6, 6.07) is 8.13. The first-order valence-electron chi connectivity index (χ1n) is 10.9. The number of ether oxygens (including phenoxy) is 3. The van der Waals surface area contributed by atoms with Gasteiger partial charge in [0.25, 0.3) is 17.5 Å². The lowest BCUT2D eigenvalue weighted by atomic mass is 9.85. The Kier molecular flexibility index (Phi) is 4.66. The summed E-state index contributed by atoms with van der Waals surface area (Å²) in [5.74, 6) is -1.46. The summed E-state index contributed by atoms with van der Waals surface area (Å²) >= 11 is 0. The number of allylic oxidation sites excluding steroid dienone is 2. The highest BCUT2D eigenvalue weighted by molar-refractivity contribution is 6.07. The first-order chi connectivity index (χ1) is 16.9. The summed E-state index contributed by atoms with van der Waals surface area (Å²) in [7, 11) is 0. The largest absolute Gasteiger partial charge is 0.454 e. The van der Waals surface area contributed by atoms with Crippen molar-refractivity contribution >= 4 is 29.7 Å². The quantitative estimate of drug-likeness (QED) is 0.122. The van der Waals surface area contributed by atoms with E-state index in [1.807, 2.05) is 12.2 Å². The molecule has 2 bridgehead atoms. The minimum Gasteiger partial charge on any atom is -0.454 e. The van der Waals surface area contributed by atoms with Crippen molar-refractivity contribution in [1.82, 2.24) is 5.01 Å². The smallest absolute Gasteiger partial charge is 0.343 e. The van der Waals surface area contributed by atoms with E-state index in [-0.39, 0.29) is 41.2 Å². The Morgan fingerprint density at radius 2 is 1.77 bits per heavy atom. The summed E-state index contributed by atoms with van der Waals surface area (Å²) in [4.78, 5) is 49.2. The molecule has 4 aliphatic rings. The van der Waals surface area contributed by atoms with Gasteiger partial charge in [-0.15, -0.1) is 0 Å². The third-order valence-electron chi connectivity index (χ3n) is 6.77. The van der Waals surface area contributed by atoms with Crippen molar-refractivity contribution in [3.63, 3.8) is 0 Å². The van der Waals surface area contributed by atoms with Crippen LogP contribution in [-0.4, -0.2) is 40.7 Å². The van der Waals surface area contributed by atoms with E-state index in [2.05, 4.69) is 5.10 Å². The predicted molar refractivity (Wildman–Crippen MR) is 118 cm³/mol. The van der Waals surface area contributed by atoms with Crippen LogP contribution in [0.15, 0.2) is 53.7 Å². The maximum absolute atomic E-state index is 12.9. The summed E-state index contributed by atoms with van der Waals surface area (Å²) in [6.07, 6.45) is 5.85. The molecule has 11 nitrogen and oxygen atoms in total. The number of nitro benzene ring substituents is 1. The zero-order valence-electron chi connectivity index (χ0n) is 18.0. The topological polar surface area (TPSA) is 138 Å². The molecule has 0 radical (unpaired) electrons. The second-order valence-electron chi connectivity index (χ2n) is 8.67. The number of imide groups is 1. The van der Waals surface area contributed by atoms with Crippen molar-refractivity contribution in [1.29, 1.82) is 0 Å². The number of hydrogen-bond donors (Lipinski definition) is 0. The van der Waals surface area contributed by atoms with Crippen molar-refractivity contribution in [2.45, 2.75) is 6.42 Å². The molecular formula is C24H17N3O8. The van der Waals surface area contributed by atoms with Crippen molar-refractivity contribution in [2.75, 3.05) is 6.79 Å². The minimum absolute atomic E-state index is 0.0250. The van der Waals surface area contributed by atoms with Gasteiger partial charge in [-0.25, -0.2) is 4.79 Å². The van der Waals surface area contributed by atoms with E-state index < -0.39 is 34.5 Å². The molecule has 11 heteroatoms. The van der Waals surface area contributed by atoms with Gasteiger partial charge in [-0.1, -0.05) is 12.2 Å². The molecule has 6 rings (SSSR count). The second-order valence-corrected chi connectivity index (χ2v) is 8.67. The molecule has 0 aromatic heterocycles. The predicted octanol–water partition coefficient (Wildman–Crippen LogP) is 2.68. The standard InChI is InChI=1S/C24H17N3O8/c28-22-20-12-1-2-13(7-12)21(20)23(29)26(22)25-10-15-8-16(27(31)32)4-6-17(15)35-24(30)14-3-5-18-19(9-14)34-11-33-18/h1-6,8-10,12-13,20-21H,7,11H2. The Balaban J connectivity index is 1.28. The number of non-ortho nitro benzene ring substituents is 1. The van der Waals surface area contributed by atoms with E-state index in [4.69, 9.17) is 14.2 Å². The average Bonchev–Trinajstić information content (AvgIpc) is 3.62. The second kappa shape index (κ2) is 7.76. The van der Waals surface area contributed by atoms with E-state index in [9.17, 15) is 24.5 Å². The van der Waals surface area contributed by atoms with Crippen LogP contribution in [0.5, 0.6) is 17.2 Å². The fourth-order valence-electron chi connectivity index (χ4n) is 5.15. The van der Waals surface area contributed by atoms with Crippen molar-refractivity contribution in [3.8, 4) is 17.2 Å². The Morgan fingerprint density at radius 1 is 1.06 bits per heavy atom. The lowest BCUT2D eigenvalue weighted by Gasteiger charge is -2.13. The van der Waals surface area contributed by atoms with Crippen LogP contribution >= 0.6 is 0 Å². The third kappa shape index (κ3) is 3.35. The Bertz CT molecular complexity index is 1340. The molecule has 2 amide bonds. The van der Waals surface area contributed by atoms with Gasteiger partial charge in [0.1, 0.15) is 5.75 Å². The lowest BCUT2D eigenvalue weighted by Crippen LogP contribution is -2.28. The number of hydrazone groups is 1. The normalized spacial score (nSPS) is 25.5. The number of carbonyl (C=O) groups excluding carboxylic acids is 3. The number of benzene rings is 2. The van der Waals surface area contributed by atoms with E-state index in [0.29, 0.717) is 11.5 Å². The SMILES string of the molecule is O=C(Oc1ccc([N+](=O)[O-])cc1C=NN1C(=O)C2C3C=CC(C3)C2C1=O)c1ccc2c(c1)OCO2. The molecule has 2 aromatic rings. The van der Waals surface area contributed by atoms with Gasteiger partial charge in [0.05, 0.1) is 28.5 Å². The van der Waals surface area contributed by atoms with Crippen LogP contribution in [0.1, 0.15) is 22.3 Å². The van der Waals surface area contributed by atoms with E-state index in [0.717, 1.165) is 23.7 Å². The highest BCUT2D eigenvalue weighted by Crippen LogP contribution is 2.52. The fourth-order valence-corrected chi connectivity index (χ4v) is 5.15. The van der Waals surface area contributed by atoms with Crippen LogP contribution in [0.4, 0.5) is 5.69 Å². The lowest BCUT2D eigenvalue weighted by molar-refractivity contribution is -0.384. The van der Waals surface area contributed by atoms with Gasteiger partial charge in [0, 0.05) is 17.7 Å². The van der Waals surface area contributed by atoms with Crippen LogP contribution in [0, 0.1) is 33.8 Å². The minimum atomic E-state index is -0.739. The number of fused-ring (bicyclic) bond motifs is 6. The Hall–Kier alpha value is -4.54. The molecule has 2 aromatic carbocycles. The van der Waals surface area contributed by atoms with Crippen molar-refractivity contribution < 1.29 is 33.5 Å².